The van der Waals surface area contributed by atoms with Crippen LogP contribution >= 0.6 is 11.6 Å². The fourth-order valence-electron chi connectivity index (χ4n) is 3.07. The van der Waals surface area contributed by atoms with Crippen LogP contribution in [0, 0.1) is 0 Å². The highest BCUT2D eigenvalue weighted by molar-refractivity contribution is 6.30. The molecule has 0 bridgehead atoms. The van der Waals surface area contributed by atoms with E-state index in [0.29, 0.717) is 22.8 Å². The lowest BCUT2D eigenvalue weighted by Crippen LogP contribution is -2.39. The van der Waals surface area contributed by atoms with Gasteiger partial charge in [0.05, 0.1) is 30.3 Å². The number of amides is 2. The molecule has 0 aliphatic carbocycles. The molecule has 6 nitrogen and oxygen atoms in total. The first-order valence-corrected chi connectivity index (χ1v) is 9.49. The van der Waals surface area contributed by atoms with Crippen molar-refractivity contribution in [2.24, 2.45) is 0 Å². The summed E-state index contributed by atoms with van der Waals surface area (Å²) >= 11 is 5.87. The van der Waals surface area contributed by atoms with Crippen molar-refractivity contribution < 1.29 is 19.1 Å². The Kier molecular flexibility index (Phi) is 6.44. The van der Waals surface area contributed by atoms with Crippen molar-refractivity contribution in [2.45, 2.75) is 25.8 Å². The van der Waals surface area contributed by atoms with Crippen LogP contribution in [-0.4, -0.2) is 37.0 Å². The van der Waals surface area contributed by atoms with Crippen LogP contribution in [0.4, 0.5) is 5.69 Å². The third-order valence-electron chi connectivity index (χ3n) is 4.50. The van der Waals surface area contributed by atoms with Crippen LogP contribution in [0.1, 0.15) is 29.3 Å². The van der Waals surface area contributed by atoms with Gasteiger partial charge in [0.15, 0.2) is 0 Å². The zero-order chi connectivity index (χ0) is 20.1. The number of benzene rings is 2. The zero-order valence-corrected chi connectivity index (χ0v) is 16.2. The Morgan fingerprint density at radius 3 is 2.46 bits per heavy atom. The van der Waals surface area contributed by atoms with Crippen LogP contribution in [-0.2, 0) is 20.7 Å². The summed E-state index contributed by atoms with van der Waals surface area (Å²) < 4.78 is 4.94. The third-order valence-corrected chi connectivity index (χ3v) is 4.75. The molecule has 1 fully saturated rings. The highest BCUT2D eigenvalue weighted by Gasteiger charge is 2.39. The summed E-state index contributed by atoms with van der Waals surface area (Å²) in [7, 11) is 0. The van der Waals surface area contributed by atoms with E-state index in [9.17, 15) is 14.4 Å². The number of esters is 1. The number of nitrogens with one attached hydrogen (secondary N) is 1. The molecule has 1 aliphatic heterocycles. The second-order valence-corrected chi connectivity index (χ2v) is 6.86. The van der Waals surface area contributed by atoms with Gasteiger partial charge in [-0.1, -0.05) is 23.7 Å². The molecule has 0 radical (unpaired) electrons. The number of halogens is 1. The molecule has 2 aromatic carbocycles. The fourth-order valence-corrected chi connectivity index (χ4v) is 3.19. The summed E-state index contributed by atoms with van der Waals surface area (Å²) in [5.74, 6) is -0.988. The molecule has 1 atom stereocenters. The SMILES string of the molecule is CCOC(=O)c1ccc(N2C(=O)CC(NCCc3ccc(Cl)cc3)C2=O)cc1. The number of nitrogens with zero attached hydrogens (tertiary/aromatic N) is 1. The lowest BCUT2D eigenvalue weighted by atomic mass is 10.1. The van der Waals surface area contributed by atoms with Gasteiger partial charge in [-0.3, -0.25) is 9.59 Å². The second kappa shape index (κ2) is 8.99. The number of imide groups is 1. The van der Waals surface area contributed by atoms with E-state index in [-0.39, 0.29) is 24.8 Å². The van der Waals surface area contributed by atoms with Crippen LogP contribution in [0.15, 0.2) is 48.5 Å². The van der Waals surface area contributed by atoms with Gasteiger partial charge in [-0.05, 0) is 61.9 Å². The van der Waals surface area contributed by atoms with Crippen molar-refractivity contribution >= 4 is 35.1 Å². The standard InChI is InChI=1S/C21H21ClN2O4/c1-2-28-21(27)15-5-9-17(10-6-15)24-19(25)13-18(20(24)26)23-12-11-14-3-7-16(22)8-4-14/h3-10,18,23H,2,11-13H2,1H3. The van der Waals surface area contributed by atoms with E-state index in [1.807, 2.05) is 24.3 Å². The number of anilines is 1. The van der Waals surface area contributed by atoms with Crippen molar-refractivity contribution in [3.8, 4) is 0 Å². The minimum Gasteiger partial charge on any atom is -0.462 e. The van der Waals surface area contributed by atoms with Gasteiger partial charge >= 0.3 is 5.97 Å². The second-order valence-electron chi connectivity index (χ2n) is 6.42. The van der Waals surface area contributed by atoms with Crippen LogP contribution in [0.3, 0.4) is 0 Å². The van der Waals surface area contributed by atoms with Gasteiger partial charge in [-0.15, -0.1) is 0 Å². The quantitative estimate of drug-likeness (QED) is 0.571. The highest BCUT2D eigenvalue weighted by Crippen LogP contribution is 2.23. The molecule has 2 aromatic rings. The average molecular weight is 401 g/mol. The third kappa shape index (κ3) is 4.58. The van der Waals surface area contributed by atoms with Crippen LogP contribution < -0.4 is 10.2 Å². The highest BCUT2D eigenvalue weighted by atomic mass is 35.5. The van der Waals surface area contributed by atoms with Gasteiger partial charge in [0, 0.05) is 5.02 Å². The van der Waals surface area contributed by atoms with Gasteiger partial charge in [0.25, 0.3) is 5.91 Å². The summed E-state index contributed by atoms with van der Waals surface area (Å²) in [6, 6.07) is 13.2. The molecule has 3 rings (SSSR count). The fraction of sp³-hybridized carbons (Fsp3) is 0.286. The van der Waals surface area contributed by atoms with Gasteiger partial charge in [0.1, 0.15) is 0 Å². The first-order valence-electron chi connectivity index (χ1n) is 9.11. The molecule has 1 N–H and O–H groups in total. The van der Waals surface area contributed by atoms with E-state index in [2.05, 4.69) is 5.32 Å². The largest absolute Gasteiger partial charge is 0.462 e. The molecule has 146 valence electrons. The van der Waals surface area contributed by atoms with Crippen molar-refractivity contribution in [3.63, 3.8) is 0 Å². The zero-order valence-electron chi connectivity index (χ0n) is 15.5. The summed E-state index contributed by atoms with van der Waals surface area (Å²) in [5.41, 5.74) is 1.92. The predicted octanol–water partition coefficient (Wildman–Crippen LogP) is 2.98. The maximum atomic E-state index is 12.7. The maximum Gasteiger partial charge on any atom is 0.338 e. The molecule has 1 saturated heterocycles. The molecule has 1 heterocycles. The first kappa shape index (κ1) is 20.0. The number of ether oxygens (including phenoxy) is 1. The van der Waals surface area contributed by atoms with E-state index in [1.54, 1.807) is 31.2 Å². The first-order chi connectivity index (χ1) is 13.5. The Hall–Kier alpha value is -2.70. The van der Waals surface area contributed by atoms with Gasteiger partial charge in [-0.2, -0.15) is 0 Å². The molecule has 0 saturated carbocycles. The Bertz CT molecular complexity index is 865. The number of carbonyl (C=O) groups excluding carboxylic acids is 3. The smallest absolute Gasteiger partial charge is 0.338 e. The summed E-state index contributed by atoms with van der Waals surface area (Å²) in [6.07, 6.45) is 0.836. The van der Waals surface area contributed by atoms with E-state index >= 15 is 0 Å². The molecule has 7 heteroatoms. The molecule has 1 aliphatic rings. The molecule has 0 aromatic heterocycles. The van der Waals surface area contributed by atoms with Gasteiger partial charge in [0.2, 0.25) is 5.91 Å². The van der Waals surface area contributed by atoms with Crippen LogP contribution in [0.2, 0.25) is 5.02 Å². The van der Waals surface area contributed by atoms with E-state index in [4.69, 9.17) is 16.3 Å². The number of hydrogen-bond donors (Lipinski definition) is 1. The van der Waals surface area contributed by atoms with Crippen molar-refractivity contribution in [1.29, 1.82) is 0 Å². The minimum atomic E-state index is -0.551. The summed E-state index contributed by atoms with van der Waals surface area (Å²) in [6.45, 7) is 2.59. The monoisotopic (exact) mass is 400 g/mol. The Morgan fingerprint density at radius 2 is 1.82 bits per heavy atom. The van der Waals surface area contributed by atoms with Crippen LogP contribution in [0.25, 0.3) is 0 Å². The Labute approximate surface area is 168 Å². The normalized spacial score (nSPS) is 16.5. The van der Waals surface area contributed by atoms with Crippen molar-refractivity contribution in [2.75, 3.05) is 18.1 Å². The van der Waals surface area contributed by atoms with Crippen LogP contribution in [0.5, 0.6) is 0 Å². The van der Waals surface area contributed by atoms with Crippen molar-refractivity contribution in [3.05, 3.63) is 64.7 Å². The number of rotatable bonds is 7. The Balaban J connectivity index is 1.59. The lowest BCUT2D eigenvalue weighted by Gasteiger charge is -2.16. The maximum absolute atomic E-state index is 12.7. The van der Waals surface area contributed by atoms with Gasteiger partial charge < -0.3 is 10.1 Å². The number of carbonyl (C=O) groups is 3. The molecule has 28 heavy (non-hydrogen) atoms. The minimum absolute atomic E-state index is 0.110. The van der Waals surface area contributed by atoms with Gasteiger partial charge in [-0.25, -0.2) is 9.69 Å². The van der Waals surface area contributed by atoms with E-state index in [0.717, 1.165) is 16.9 Å². The summed E-state index contributed by atoms with van der Waals surface area (Å²) in [4.78, 5) is 37.9. The molecule has 2 amide bonds. The van der Waals surface area contributed by atoms with E-state index in [1.165, 1.54) is 0 Å². The van der Waals surface area contributed by atoms with E-state index < -0.39 is 12.0 Å². The average Bonchev–Trinajstić information content (AvgIpc) is 2.97. The molecular weight excluding hydrogens is 380 g/mol. The summed E-state index contributed by atoms with van der Waals surface area (Å²) in [5, 5.41) is 3.83. The Morgan fingerprint density at radius 1 is 1.14 bits per heavy atom. The number of hydrogen-bond acceptors (Lipinski definition) is 5. The predicted molar refractivity (Wildman–Crippen MR) is 106 cm³/mol. The molecule has 1 unspecified atom stereocenters. The topological polar surface area (TPSA) is 75.7 Å². The molecular formula is C21H21ClN2O4. The lowest BCUT2D eigenvalue weighted by molar-refractivity contribution is -0.121. The molecule has 0 spiro atoms. The van der Waals surface area contributed by atoms with Crippen molar-refractivity contribution in [1.82, 2.24) is 5.32 Å².